The van der Waals surface area contributed by atoms with Gasteiger partial charge in [-0.2, -0.15) is 0 Å². The van der Waals surface area contributed by atoms with E-state index in [9.17, 15) is 4.79 Å². The number of carbonyl (C=O) groups is 1. The summed E-state index contributed by atoms with van der Waals surface area (Å²) in [5.41, 5.74) is 7.53. The van der Waals surface area contributed by atoms with Gasteiger partial charge in [0.05, 0.1) is 17.9 Å². The summed E-state index contributed by atoms with van der Waals surface area (Å²) in [5.74, 6) is 0.00937. The van der Waals surface area contributed by atoms with Crippen LogP contribution in [0.5, 0.6) is 0 Å². The van der Waals surface area contributed by atoms with Crippen molar-refractivity contribution >= 4 is 33.2 Å². The number of nitrogens with one attached hydrogen (secondary N) is 1. The third-order valence-electron chi connectivity index (χ3n) is 2.73. The van der Waals surface area contributed by atoms with Crippen LogP contribution in [0.15, 0.2) is 22.7 Å². The first-order chi connectivity index (χ1) is 7.61. The van der Waals surface area contributed by atoms with Gasteiger partial charge in [0.1, 0.15) is 0 Å². The van der Waals surface area contributed by atoms with E-state index in [1.807, 2.05) is 30.0 Å². The molecule has 0 radical (unpaired) electrons. The van der Waals surface area contributed by atoms with E-state index in [4.69, 9.17) is 5.73 Å². The fourth-order valence-corrected chi connectivity index (χ4v) is 2.15. The van der Waals surface area contributed by atoms with E-state index in [2.05, 4.69) is 21.2 Å². The van der Waals surface area contributed by atoms with Gasteiger partial charge in [0.15, 0.2) is 0 Å². The summed E-state index contributed by atoms with van der Waals surface area (Å²) >= 11 is 3.43. The molecule has 4 nitrogen and oxygen atoms in total. The summed E-state index contributed by atoms with van der Waals surface area (Å²) in [7, 11) is 0. The lowest BCUT2D eigenvalue weighted by Gasteiger charge is -2.35. The molecule has 0 spiro atoms. The van der Waals surface area contributed by atoms with Gasteiger partial charge >= 0.3 is 0 Å². The van der Waals surface area contributed by atoms with E-state index in [-0.39, 0.29) is 11.9 Å². The summed E-state index contributed by atoms with van der Waals surface area (Å²) < 4.78 is 0.997. The van der Waals surface area contributed by atoms with E-state index in [0.29, 0.717) is 13.1 Å². The number of nitrogens with zero attached hydrogens (tertiary/aromatic N) is 1. The van der Waals surface area contributed by atoms with Crippen molar-refractivity contribution in [1.29, 1.82) is 0 Å². The summed E-state index contributed by atoms with van der Waals surface area (Å²) in [6, 6.07) is 5.96. The van der Waals surface area contributed by atoms with Crippen molar-refractivity contribution in [2.24, 2.45) is 5.73 Å². The fourth-order valence-electron chi connectivity index (χ4n) is 1.80. The Bertz CT molecular complexity index is 422. The zero-order valence-electron chi connectivity index (χ0n) is 9.03. The number of carbonyl (C=O) groups excluding carboxylic acids is 1. The zero-order valence-corrected chi connectivity index (χ0v) is 10.6. The molecule has 86 valence electrons. The molecule has 0 aromatic heterocycles. The van der Waals surface area contributed by atoms with Crippen molar-refractivity contribution < 1.29 is 4.79 Å². The Balaban J connectivity index is 2.43. The predicted molar refractivity (Wildman–Crippen MR) is 68.6 cm³/mol. The zero-order chi connectivity index (χ0) is 11.7. The Labute approximate surface area is 103 Å². The molecule has 1 amide bonds. The molecular weight excluding hydrogens is 270 g/mol. The smallest absolute Gasteiger partial charge is 0.243 e. The van der Waals surface area contributed by atoms with Gasteiger partial charge in [-0.15, -0.1) is 0 Å². The lowest BCUT2D eigenvalue weighted by atomic mass is 10.1. The van der Waals surface area contributed by atoms with E-state index in [1.54, 1.807) is 0 Å². The molecule has 0 fully saturated rings. The second-order valence-corrected chi connectivity index (χ2v) is 4.84. The van der Waals surface area contributed by atoms with Gasteiger partial charge in [0, 0.05) is 17.1 Å². The van der Waals surface area contributed by atoms with Crippen LogP contribution in [0.1, 0.15) is 6.92 Å². The highest BCUT2D eigenvalue weighted by atomic mass is 79.9. The van der Waals surface area contributed by atoms with Crippen molar-refractivity contribution in [3.05, 3.63) is 22.7 Å². The van der Waals surface area contributed by atoms with Crippen molar-refractivity contribution in [3.63, 3.8) is 0 Å². The lowest BCUT2D eigenvalue weighted by Crippen LogP contribution is -2.46. The van der Waals surface area contributed by atoms with Crippen LogP contribution in [0.2, 0.25) is 0 Å². The maximum Gasteiger partial charge on any atom is 0.243 e. The van der Waals surface area contributed by atoms with Gasteiger partial charge in [-0.1, -0.05) is 15.9 Å². The Hall–Kier alpha value is -1.07. The molecule has 1 heterocycles. The van der Waals surface area contributed by atoms with Crippen LogP contribution in [0.4, 0.5) is 11.4 Å². The number of rotatable bonds is 2. The Morgan fingerprint density at radius 2 is 2.38 bits per heavy atom. The molecule has 0 bridgehead atoms. The summed E-state index contributed by atoms with van der Waals surface area (Å²) in [5, 5.41) is 2.85. The van der Waals surface area contributed by atoms with Crippen LogP contribution in [0.25, 0.3) is 0 Å². The molecule has 1 aromatic carbocycles. The third kappa shape index (κ3) is 2.05. The number of benzene rings is 1. The molecule has 1 atom stereocenters. The summed E-state index contributed by atoms with van der Waals surface area (Å²) in [4.78, 5) is 13.6. The van der Waals surface area contributed by atoms with Crippen molar-refractivity contribution in [2.45, 2.75) is 13.0 Å². The highest BCUT2D eigenvalue weighted by Crippen LogP contribution is 2.33. The van der Waals surface area contributed by atoms with Crippen LogP contribution in [-0.2, 0) is 4.79 Å². The maximum atomic E-state index is 11.5. The van der Waals surface area contributed by atoms with Gasteiger partial charge in [0.25, 0.3) is 0 Å². The van der Waals surface area contributed by atoms with Crippen LogP contribution in [0, 0.1) is 0 Å². The van der Waals surface area contributed by atoms with Crippen molar-refractivity contribution in [2.75, 3.05) is 23.3 Å². The topological polar surface area (TPSA) is 58.4 Å². The Morgan fingerprint density at radius 1 is 1.62 bits per heavy atom. The van der Waals surface area contributed by atoms with Crippen LogP contribution in [0.3, 0.4) is 0 Å². The largest absolute Gasteiger partial charge is 0.357 e. The monoisotopic (exact) mass is 283 g/mol. The number of nitrogens with two attached hydrogens (primary N) is 1. The van der Waals surface area contributed by atoms with Crippen LogP contribution < -0.4 is 16.0 Å². The van der Waals surface area contributed by atoms with E-state index in [1.165, 1.54) is 0 Å². The fraction of sp³-hybridized carbons (Fsp3) is 0.364. The van der Waals surface area contributed by atoms with E-state index >= 15 is 0 Å². The average molecular weight is 284 g/mol. The Morgan fingerprint density at radius 3 is 3.06 bits per heavy atom. The molecule has 5 heteroatoms. The molecule has 16 heavy (non-hydrogen) atoms. The first-order valence-electron chi connectivity index (χ1n) is 5.18. The van der Waals surface area contributed by atoms with E-state index < -0.39 is 0 Å². The third-order valence-corrected chi connectivity index (χ3v) is 3.22. The SMILES string of the molecule is CC(CN)N1CC(=O)Nc2ccc(Br)cc21. The highest BCUT2D eigenvalue weighted by molar-refractivity contribution is 9.10. The number of anilines is 2. The normalized spacial score (nSPS) is 16.7. The van der Waals surface area contributed by atoms with E-state index in [0.717, 1.165) is 15.8 Å². The standard InChI is InChI=1S/C11H14BrN3O/c1-7(5-13)15-6-11(16)14-9-3-2-8(12)4-10(9)15/h2-4,7H,5-6,13H2,1H3,(H,14,16). The van der Waals surface area contributed by atoms with Gasteiger partial charge < -0.3 is 16.0 Å². The second kappa shape index (κ2) is 4.43. The van der Waals surface area contributed by atoms with Gasteiger partial charge in [-0.3, -0.25) is 4.79 Å². The first kappa shape index (κ1) is 11.4. The molecule has 1 aliphatic rings. The molecule has 0 saturated carbocycles. The number of hydrogen-bond acceptors (Lipinski definition) is 3. The highest BCUT2D eigenvalue weighted by Gasteiger charge is 2.24. The molecular formula is C11H14BrN3O. The maximum absolute atomic E-state index is 11.5. The van der Waals surface area contributed by atoms with Gasteiger partial charge in [-0.25, -0.2) is 0 Å². The van der Waals surface area contributed by atoms with Crippen molar-refractivity contribution in [1.82, 2.24) is 0 Å². The van der Waals surface area contributed by atoms with Gasteiger partial charge in [0.2, 0.25) is 5.91 Å². The van der Waals surface area contributed by atoms with Crippen LogP contribution in [-0.4, -0.2) is 25.0 Å². The minimum absolute atomic E-state index is 0.00937. The summed E-state index contributed by atoms with van der Waals surface area (Å²) in [6.07, 6.45) is 0. The quantitative estimate of drug-likeness (QED) is 0.866. The minimum atomic E-state index is 0.00937. The lowest BCUT2D eigenvalue weighted by molar-refractivity contribution is -0.115. The molecule has 1 aromatic rings. The van der Waals surface area contributed by atoms with Crippen molar-refractivity contribution in [3.8, 4) is 0 Å². The number of hydrogen-bond donors (Lipinski definition) is 2. The first-order valence-corrected chi connectivity index (χ1v) is 5.97. The average Bonchev–Trinajstić information content (AvgIpc) is 2.27. The predicted octanol–water partition coefficient (Wildman–Crippen LogP) is 1.55. The number of amides is 1. The molecule has 3 N–H and O–H groups in total. The molecule has 2 rings (SSSR count). The minimum Gasteiger partial charge on any atom is -0.357 e. The molecule has 1 unspecified atom stereocenters. The molecule has 0 saturated heterocycles. The number of halogens is 1. The Kier molecular flexibility index (Phi) is 3.16. The second-order valence-electron chi connectivity index (χ2n) is 3.92. The molecule has 0 aliphatic carbocycles. The molecule has 1 aliphatic heterocycles. The number of fused-ring (bicyclic) bond motifs is 1. The summed E-state index contributed by atoms with van der Waals surface area (Å²) in [6.45, 7) is 2.91. The van der Waals surface area contributed by atoms with Gasteiger partial charge in [-0.05, 0) is 25.1 Å². The van der Waals surface area contributed by atoms with Crippen LogP contribution >= 0.6 is 15.9 Å².